The highest BCUT2D eigenvalue weighted by molar-refractivity contribution is 5.52. The lowest BCUT2D eigenvalue weighted by molar-refractivity contribution is -0.00714. The van der Waals surface area contributed by atoms with Gasteiger partial charge >= 0.3 is 0 Å². The molecule has 5 rings (SSSR count). The first kappa shape index (κ1) is 12.2. The van der Waals surface area contributed by atoms with Crippen molar-refractivity contribution < 1.29 is 0 Å². The highest BCUT2D eigenvalue weighted by Crippen LogP contribution is 2.60. The first-order valence-electron chi connectivity index (χ1n) is 7.61. The minimum absolute atomic E-state index is 0.258. The fraction of sp³-hybridized carbons (Fsp3) is 0.625. The third kappa shape index (κ3) is 1.66. The van der Waals surface area contributed by atoms with Crippen molar-refractivity contribution in [2.24, 2.45) is 23.6 Å². The monoisotopic (exact) mass is 268 g/mol. The lowest BCUT2D eigenvalue weighted by Gasteiger charge is -2.56. The van der Waals surface area contributed by atoms with Gasteiger partial charge in [-0.25, -0.2) is 10.8 Å². The molecule has 1 aromatic rings. The molecule has 0 amide bonds. The summed E-state index contributed by atoms with van der Waals surface area (Å²) < 4.78 is 0. The molecule has 4 bridgehead atoms. The maximum atomic E-state index is 9.09. The zero-order valence-electron chi connectivity index (χ0n) is 11.6. The zero-order chi connectivity index (χ0) is 13.7. The van der Waals surface area contributed by atoms with E-state index in [0.29, 0.717) is 11.4 Å². The average Bonchev–Trinajstić information content (AvgIpc) is 2.45. The summed E-state index contributed by atoms with van der Waals surface area (Å²) in [7, 11) is 0. The van der Waals surface area contributed by atoms with Crippen LogP contribution >= 0.6 is 0 Å². The fourth-order valence-corrected chi connectivity index (χ4v) is 5.38. The number of rotatable bonds is 2. The van der Waals surface area contributed by atoms with Gasteiger partial charge in [0.2, 0.25) is 0 Å². The first-order chi connectivity index (χ1) is 9.72. The Kier molecular flexibility index (Phi) is 2.55. The number of nitrogens with one attached hydrogen (secondary N) is 1. The maximum Gasteiger partial charge on any atom is 0.158 e. The van der Waals surface area contributed by atoms with Gasteiger partial charge in [-0.3, -0.25) is 0 Å². The minimum Gasteiger partial charge on any atom is -0.307 e. The fourth-order valence-electron chi connectivity index (χ4n) is 5.38. The quantitative estimate of drug-likeness (QED) is 0.639. The number of hydrogen-bond acceptors (Lipinski definition) is 4. The normalized spacial score (nSPS) is 37.7. The molecule has 4 saturated carbocycles. The lowest BCUT2D eigenvalue weighted by Crippen LogP contribution is -2.49. The second-order valence-corrected chi connectivity index (χ2v) is 7.05. The van der Waals surface area contributed by atoms with Gasteiger partial charge in [0.05, 0.1) is 5.56 Å². The van der Waals surface area contributed by atoms with Crippen molar-refractivity contribution in [2.45, 2.75) is 43.9 Å². The van der Waals surface area contributed by atoms with Gasteiger partial charge in [0.15, 0.2) is 5.82 Å². The molecule has 4 aliphatic rings. The molecule has 0 atom stereocenters. The van der Waals surface area contributed by atoms with E-state index in [9.17, 15) is 0 Å². The van der Waals surface area contributed by atoms with Crippen LogP contribution in [0.3, 0.4) is 0 Å². The van der Waals surface area contributed by atoms with Crippen LogP contribution in [0.1, 0.15) is 49.8 Å². The van der Waals surface area contributed by atoms with Crippen molar-refractivity contribution in [3.05, 3.63) is 23.4 Å². The summed E-state index contributed by atoms with van der Waals surface area (Å²) in [6.07, 6.45) is 8.12. The predicted molar refractivity (Wildman–Crippen MR) is 76.6 cm³/mol. The Balaban J connectivity index is 1.75. The predicted octanol–water partition coefficient (Wildman–Crippen LogP) is 2.71. The summed E-state index contributed by atoms with van der Waals surface area (Å²) in [5.41, 5.74) is 4.53. The molecular formula is C16H20N4. The molecule has 1 aromatic heterocycles. The summed E-state index contributed by atoms with van der Waals surface area (Å²) >= 11 is 0. The Labute approximate surface area is 119 Å². The molecule has 3 N–H and O–H groups in total. The molecule has 0 radical (unpaired) electrons. The summed E-state index contributed by atoms with van der Waals surface area (Å²) in [5, 5.41) is 9.09. The molecule has 4 aliphatic carbocycles. The van der Waals surface area contributed by atoms with Crippen LogP contribution in [-0.2, 0) is 5.41 Å². The molecule has 0 aromatic carbocycles. The van der Waals surface area contributed by atoms with Crippen LogP contribution in [0.15, 0.2) is 12.1 Å². The van der Waals surface area contributed by atoms with Crippen LogP contribution in [0.4, 0.5) is 5.82 Å². The van der Waals surface area contributed by atoms with E-state index in [1.54, 1.807) is 0 Å². The molecule has 0 aliphatic heterocycles. The second kappa shape index (κ2) is 4.20. The van der Waals surface area contributed by atoms with Crippen LogP contribution in [0.5, 0.6) is 0 Å². The van der Waals surface area contributed by atoms with E-state index < -0.39 is 0 Å². The number of nitrogen functional groups attached to an aromatic ring is 1. The molecule has 1 heterocycles. The third-order valence-electron chi connectivity index (χ3n) is 5.73. The number of hydrogen-bond donors (Lipinski definition) is 2. The van der Waals surface area contributed by atoms with E-state index in [4.69, 9.17) is 16.1 Å². The number of anilines is 1. The van der Waals surface area contributed by atoms with E-state index >= 15 is 0 Å². The summed E-state index contributed by atoms with van der Waals surface area (Å²) in [6.45, 7) is 0. The van der Waals surface area contributed by atoms with E-state index in [1.165, 1.54) is 38.5 Å². The summed E-state index contributed by atoms with van der Waals surface area (Å²) in [4.78, 5) is 4.69. The van der Waals surface area contributed by atoms with E-state index in [2.05, 4.69) is 17.6 Å². The number of hydrazine groups is 1. The molecule has 20 heavy (non-hydrogen) atoms. The molecular weight excluding hydrogens is 248 g/mol. The van der Waals surface area contributed by atoms with Gasteiger partial charge in [0.25, 0.3) is 0 Å². The van der Waals surface area contributed by atoms with Gasteiger partial charge in [0, 0.05) is 11.1 Å². The van der Waals surface area contributed by atoms with Crippen molar-refractivity contribution >= 4 is 5.82 Å². The number of nitriles is 1. The standard InChI is InChI=1S/C16H20N4/c17-9-13-1-2-14(19-15(13)20-18)16-6-10-3-11(7-16)5-12(4-10)8-16/h1-2,10-12H,3-8,18H2,(H,19,20). The van der Waals surface area contributed by atoms with Crippen molar-refractivity contribution in [3.8, 4) is 6.07 Å². The van der Waals surface area contributed by atoms with Gasteiger partial charge in [-0.2, -0.15) is 5.26 Å². The summed E-state index contributed by atoms with van der Waals surface area (Å²) in [5.74, 6) is 8.74. The van der Waals surface area contributed by atoms with E-state index in [1.807, 2.05) is 6.07 Å². The SMILES string of the molecule is N#Cc1ccc(C23CC4CC(CC(C4)C2)C3)nc1NN. The Hall–Kier alpha value is -1.60. The first-order valence-corrected chi connectivity index (χ1v) is 7.61. The van der Waals surface area contributed by atoms with Gasteiger partial charge in [-0.05, 0) is 68.4 Å². The molecule has 4 heteroatoms. The largest absolute Gasteiger partial charge is 0.307 e. The number of nitrogens with two attached hydrogens (primary N) is 1. The van der Waals surface area contributed by atoms with Crippen LogP contribution in [-0.4, -0.2) is 4.98 Å². The average molecular weight is 268 g/mol. The Morgan fingerprint density at radius 3 is 2.25 bits per heavy atom. The number of pyridine rings is 1. The molecule has 4 fully saturated rings. The van der Waals surface area contributed by atoms with Crippen molar-refractivity contribution in [1.29, 1.82) is 5.26 Å². The van der Waals surface area contributed by atoms with Crippen LogP contribution in [0.2, 0.25) is 0 Å². The van der Waals surface area contributed by atoms with Gasteiger partial charge in [-0.15, -0.1) is 0 Å². The van der Waals surface area contributed by atoms with Crippen molar-refractivity contribution in [2.75, 3.05) is 5.43 Å². The van der Waals surface area contributed by atoms with Crippen LogP contribution in [0.25, 0.3) is 0 Å². The molecule has 104 valence electrons. The third-order valence-corrected chi connectivity index (χ3v) is 5.73. The molecule has 0 spiro atoms. The zero-order valence-corrected chi connectivity index (χ0v) is 11.6. The van der Waals surface area contributed by atoms with E-state index in [0.717, 1.165) is 23.4 Å². The van der Waals surface area contributed by atoms with Crippen LogP contribution in [0, 0.1) is 29.1 Å². The Morgan fingerprint density at radius 2 is 1.75 bits per heavy atom. The van der Waals surface area contributed by atoms with Gasteiger partial charge in [0.1, 0.15) is 6.07 Å². The van der Waals surface area contributed by atoms with Crippen LogP contribution < -0.4 is 11.3 Å². The Morgan fingerprint density at radius 1 is 1.15 bits per heavy atom. The molecule has 4 nitrogen and oxygen atoms in total. The second-order valence-electron chi connectivity index (χ2n) is 7.05. The topological polar surface area (TPSA) is 74.7 Å². The van der Waals surface area contributed by atoms with Crippen molar-refractivity contribution in [1.82, 2.24) is 4.98 Å². The smallest absolute Gasteiger partial charge is 0.158 e. The summed E-state index contributed by atoms with van der Waals surface area (Å²) in [6, 6.07) is 6.08. The number of aromatic nitrogens is 1. The van der Waals surface area contributed by atoms with E-state index in [-0.39, 0.29) is 5.41 Å². The van der Waals surface area contributed by atoms with Gasteiger partial charge in [-0.1, -0.05) is 0 Å². The maximum absolute atomic E-state index is 9.09. The lowest BCUT2D eigenvalue weighted by atomic mass is 9.49. The van der Waals surface area contributed by atoms with Gasteiger partial charge < -0.3 is 5.43 Å². The highest BCUT2D eigenvalue weighted by Gasteiger charge is 2.52. The molecule has 0 saturated heterocycles. The minimum atomic E-state index is 0.258. The Bertz CT molecular complexity index is 551. The number of nitrogens with zero attached hydrogens (tertiary/aromatic N) is 2. The highest BCUT2D eigenvalue weighted by atomic mass is 15.3. The molecule has 0 unspecified atom stereocenters. The van der Waals surface area contributed by atoms with Crippen molar-refractivity contribution in [3.63, 3.8) is 0 Å².